The van der Waals surface area contributed by atoms with Crippen LogP contribution in [0.2, 0.25) is 0 Å². The Bertz CT molecular complexity index is 846. The molecule has 5 rings (SSSR count). The molecule has 2 aliphatic heterocycles. The van der Waals surface area contributed by atoms with Gasteiger partial charge in [-0.3, -0.25) is 4.98 Å². The molecule has 1 aromatic heterocycles. The van der Waals surface area contributed by atoms with Crippen molar-refractivity contribution in [1.29, 1.82) is 0 Å². The predicted molar refractivity (Wildman–Crippen MR) is 111 cm³/mol. The molecule has 3 aliphatic rings. The lowest BCUT2D eigenvalue weighted by Gasteiger charge is -2.45. The van der Waals surface area contributed by atoms with Crippen LogP contribution in [0.5, 0.6) is 0 Å². The van der Waals surface area contributed by atoms with Crippen LogP contribution in [0.15, 0.2) is 42.6 Å². The molecule has 4 heteroatoms. The molecule has 1 spiro atoms. The van der Waals surface area contributed by atoms with Gasteiger partial charge in [0.25, 0.3) is 0 Å². The minimum absolute atomic E-state index is 0.0439. The second-order valence-corrected chi connectivity index (χ2v) is 9.23. The van der Waals surface area contributed by atoms with Gasteiger partial charge in [0.2, 0.25) is 0 Å². The third-order valence-electron chi connectivity index (χ3n) is 7.45. The molecule has 0 bridgehead atoms. The van der Waals surface area contributed by atoms with E-state index in [9.17, 15) is 4.39 Å². The summed E-state index contributed by atoms with van der Waals surface area (Å²) in [4.78, 5) is 4.54. The van der Waals surface area contributed by atoms with E-state index < -0.39 is 0 Å². The number of hydrogen-bond donors (Lipinski definition) is 0. The molecule has 3 nitrogen and oxygen atoms in total. The highest BCUT2D eigenvalue weighted by Crippen LogP contribution is 2.48. The largest absolute Gasteiger partial charge is 0.378 e. The lowest BCUT2D eigenvalue weighted by atomic mass is 9.67. The Hall–Kier alpha value is -1.78. The van der Waals surface area contributed by atoms with Crippen LogP contribution >= 0.6 is 0 Å². The zero-order valence-electron chi connectivity index (χ0n) is 17.0. The summed E-state index contributed by atoms with van der Waals surface area (Å²) in [7, 11) is 0. The first kappa shape index (κ1) is 19.2. The maximum absolute atomic E-state index is 13.6. The van der Waals surface area contributed by atoms with Gasteiger partial charge in [-0.05, 0) is 67.7 Å². The van der Waals surface area contributed by atoms with Crippen molar-refractivity contribution in [2.45, 2.75) is 68.3 Å². The van der Waals surface area contributed by atoms with Crippen molar-refractivity contribution in [2.24, 2.45) is 0 Å². The van der Waals surface area contributed by atoms with E-state index >= 15 is 0 Å². The smallest absolute Gasteiger partial charge is 0.141 e. The summed E-state index contributed by atoms with van der Waals surface area (Å²) in [5, 5.41) is 0. The Labute approximate surface area is 172 Å². The Morgan fingerprint density at radius 3 is 2.86 bits per heavy atom. The quantitative estimate of drug-likeness (QED) is 0.686. The van der Waals surface area contributed by atoms with Gasteiger partial charge in [0.05, 0.1) is 18.4 Å². The molecule has 3 heterocycles. The number of ether oxygens (including phenoxy) is 2. The molecule has 3 atom stereocenters. The minimum Gasteiger partial charge on any atom is -0.378 e. The van der Waals surface area contributed by atoms with E-state index in [0.717, 1.165) is 51.0 Å². The fourth-order valence-corrected chi connectivity index (χ4v) is 5.94. The number of halogens is 1. The van der Waals surface area contributed by atoms with E-state index in [4.69, 9.17) is 9.47 Å². The van der Waals surface area contributed by atoms with Gasteiger partial charge in [0.15, 0.2) is 0 Å². The summed E-state index contributed by atoms with van der Waals surface area (Å²) in [5.41, 5.74) is 3.88. The van der Waals surface area contributed by atoms with Gasteiger partial charge in [-0.1, -0.05) is 30.7 Å². The van der Waals surface area contributed by atoms with Crippen molar-refractivity contribution in [3.05, 3.63) is 65.2 Å². The van der Waals surface area contributed by atoms with Crippen molar-refractivity contribution in [1.82, 2.24) is 4.98 Å². The van der Waals surface area contributed by atoms with E-state index in [2.05, 4.69) is 29.2 Å². The number of pyridine rings is 1. The van der Waals surface area contributed by atoms with Crippen molar-refractivity contribution >= 4 is 0 Å². The zero-order valence-corrected chi connectivity index (χ0v) is 17.0. The third-order valence-corrected chi connectivity index (χ3v) is 7.45. The average Bonchev–Trinajstić information content (AvgIpc) is 3.36. The highest BCUT2D eigenvalue weighted by atomic mass is 19.1. The third kappa shape index (κ3) is 3.73. The highest BCUT2D eigenvalue weighted by Gasteiger charge is 2.49. The van der Waals surface area contributed by atoms with Gasteiger partial charge in [0.1, 0.15) is 5.82 Å². The topological polar surface area (TPSA) is 31.4 Å². The fraction of sp³-hybridized carbons (Fsp3) is 0.560. The second kappa shape index (κ2) is 7.81. The summed E-state index contributed by atoms with van der Waals surface area (Å²) in [6.45, 7) is 2.17. The Morgan fingerprint density at radius 1 is 1.10 bits per heavy atom. The van der Waals surface area contributed by atoms with Crippen molar-refractivity contribution in [3.8, 4) is 0 Å². The zero-order chi connectivity index (χ0) is 19.7. The molecule has 0 amide bonds. The van der Waals surface area contributed by atoms with Gasteiger partial charge in [-0.25, -0.2) is 4.39 Å². The van der Waals surface area contributed by atoms with Gasteiger partial charge in [-0.15, -0.1) is 0 Å². The first-order chi connectivity index (χ1) is 14.2. The monoisotopic (exact) mass is 395 g/mol. The SMILES string of the molecule is Fc1ccc([C@]2(CCC[C@@H]3CCc4ccccc43)CCO[C@]3(CCOC3)C2)nc1. The van der Waals surface area contributed by atoms with Crippen LogP contribution in [0.25, 0.3) is 0 Å². The van der Waals surface area contributed by atoms with Crippen LogP contribution in [-0.4, -0.2) is 30.4 Å². The second-order valence-electron chi connectivity index (χ2n) is 9.23. The van der Waals surface area contributed by atoms with Crippen LogP contribution in [0.1, 0.15) is 67.7 Å². The summed E-state index contributed by atoms with van der Waals surface area (Å²) < 4.78 is 25.5. The number of aromatic nitrogens is 1. The van der Waals surface area contributed by atoms with Gasteiger partial charge in [0, 0.05) is 30.7 Å². The van der Waals surface area contributed by atoms with Crippen LogP contribution < -0.4 is 0 Å². The summed E-state index contributed by atoms with van der Waals surface area (Å²) >= 11 is 0. The molecule has 0 unspecified atom stereocenters. The van der Waals surface area contributed by atoms with Crippen LogP contribution in [0, 0.1) is 5.82 Å². The normalized spacial score (nSPS) is 31.3. The molecular weight excluding hydrogens is 365 g/mol. The Morgan fingerprint density at radius 2 is 2.03 bits per heavy atom. The minimum atomic E-state index is -0.266. The number of benzene rings is 1. The maximum atomic E-state index is 13.6. The van der Waals surface area contributed by atoms with E-state index in [1.165, 1.54) is 31.0 Å². The Kier molecular flexibility index (Phi) is 5.17. The van der Waals surface area contributed by atoms with Crippen LogP contribution in [0.4, 0.5) is 4.39 Å². The lowest BCUT2D eigenvalue weighted by Crippen LogP contribution is -2.48. The van der Waals surface area contributed by atoms with E-state index in [-0.39, 0.29) is 16.8 Å². The molecule has 29 heavy (non-hydrogen) atoms. The first-order valence-electron chi connectivity index (χ1n) is 11.1. The standard InChI is InChI=1S/C25H30FNO2/c26-21-9-10-23(27-16-21)24(12-15-29-25(17-24)13-14-28-18-25)11-3-5-20-8-7-19-4-1-2-6-22(19)20/h1-2,4,6,9-10,16,20H,3,5,7-8,11-15,17-18H2/t20-,24-,25-/m1/s1. The number of nitrogens with zero attached hydrogens (tertiary/aromatic N) is 1. The summed E-state index contributed by atoms with van der Waals surface area (Å²) in [5.74, 6) is 0.408. The number of aryl methyl sites for hydroxylation is 1. The van der Waals surface area contributed by atoms with Crippen molar-refractivity contribution in [2.75, 3.05) is 19.8 Å². The molecule has 2 saturated heterocycles. The van der Waals surface area contributed by atoms with Gasteiger partial charge in [-0.2, -0.15) is 0 Å². The molecule has 2 aromatic rings. The summed E-state index contributed by atoms with van der Waals surface area (Å²) in [6.07, 6.45) is 10.1. The highest BCUT2D eigenvalue weighted by molar-refractivity contribution is 5.34. The molecule has 154 valence electrons. The van der Waals surface area contributed by atoms with E-state index in [1.54, 1.807) is 11.6 Å². The predicted octanol–water partition coefficient (Wildman–Crippen LogP) is 5.33. The Balaban J connectivity index is 1.34. The van der Waals surface area contributed by atoms with Gasteiger partial charge < -0.3 is 9.47 Å². The van der Waals surface area contributed by atoms with E-state index in [0.29, 0.717) is 12.5 Å². The number of hydrogen-bond acceptors (Lipinski definition) is 3. The van der Waals surface area contributed by atoms with Crippen LogP contribution in [0.3, 0.4) is 0 Å². The number of rotatable bonds is 5. The molecule has 0 radical (unpaired) electrons. The molecule has 0 N–H and O–H groups in total. The van der Waals surface area contributed by atoms with Crippen LogP contribution in [-0.2, 0) is 21.3 Å². The average molecular weight is 396 g/mol. The lowest BCUT2D eigenvalue weighted by molar-refractivity contribution is -0.109. The first-order valence-corrected chi connectivity index (χ1v) is 11.1. The maximum Gasteiger partial charge on any atom is 0.141 e. The summed E-state index contributed by atoms with van der Waals surface area (Å²) in [6, 6.07) is 12.4. The van der Waals surface area contributed by atoms with Crippen molar-refractivity contribution in [3.63, 3.8) is 0 Å². The number of fused-ring (bicyclic) bond motifs is 1. The molecule has 1 aliphatic carbocycles. The molecule has 0 saturated carbocycles. The molecule has 1 aromatic carbocycles. The fourth-order valence-electron chi connectivity index (χ4n) is 5.94. The van der Waals surface area contributed by atoms with Crippen molar-refractivity contribution < 1.29 is 13.9 Å². The molecule has 2 fully saturated rings. The van der Waals surface area contributed by atoms with Gasteiger partial charge >= 0.3 is 0 Å². The molecular formula is C25H30FNO2. The van der Waals surface area contributed by atoms with E-state index in [1.807, 2.05) is 6.07 Å².